The van der Waals surface area contributed by atoms with E-state index in [2.05, 4.69) is 6.07 Å². The molecule has 0 aliphatic carbocycles. The fourth-order valence-corrected chi connectivity index (χ4v) is 4.73. The third kappa shape index (κ3) is 3.79. The molecular weight excluding hydrogens is 436 g/mol. The molecule has 0 radical (unpaired) electrons. The number of halogens is 1. The number of benzene rings is 3. The fourth-order valence-electron chi connectivity index (χ4n) is 4.54. The lowest BCUT2D eigenvalue weighted by molar-refractivity contribution is -0.137. The van der Waals surface area contributed by atoms with Gasteiger partial charge in [0.25, 0.3) is 11.8 Å². The average Bonchev–Trinajstić information content (AvgIpc) is 3.09. The highest BCUT2D eigenvalue weighted by Gasteiger charge is 2.42. The van der Waals surface area contributed by atoms with Crippen LogP contribution in [0, 0.1) is 0 Å². The van der Waals surface area contributed by atoms with Gasteiger partial charge in [0.15, 0.2) is 0 Å². The van der Waals surface area contributed by atoms with E-state index in [-0.39, 0.29) is 18.4 Å². The Hall–Kier alpha value is -3.57. The molecule has 0 spiro atoms. The van der Waals surface area contributed by atoms with E-state index in [1.165, 1.54) is 10.5 Å². The third-order valence-electron chi connectivity index (χ3n) is 6.19. The van der Waals surface area contributed by atoms with E-state index in [1.54, 1.807) is 25.3 Å². The zero-order chi connectivity index (χ0) is 22.9. The quantitative estimate of drug-likeness (QED) is 0.500. The van der Waals surface area contributed by atoms with Crippen molar-refractivity contribution in [3.8, 4) is 5.75 Å². The predicted molar refractivity (Wildman–Crippen MR) is 129 cm³/mol. The van der Waals surface area contributed by atoms with Gasteiger partial charge in [0.2, 0.25) is 0 Å². The Morgan fingerprint density at radius 3 is 2.39 bits per heavy atom. The number of fused-ring (bicyclic) bond motifs is 1. The molecule has 5 nitrogen and oxygen atoms in total. The molecule has 0 bridgehead atoms. The molecule has 0 saturated carbocycles. The molecule has 0 saturated heterocycles. The van der Waals surface area contributed by atoms with Crippen molar-refractivity contribution >= 4 is 34.7 Å². The number of amides is 2. The topological polar surface area (TPSA) is 49.9 Å². The van der Waals surface area contributed by atoms with Crippen molar-refractivity contribution in [3.63, 3.8) is 0 Å². The number of imide groups is 1. The zero-order valence-corrected chi connectivity index (χ0v) is 19.0. The normalized spacial score (nSPS) is 15.8. The molecule has 33 heavy (non-hydrogen) atoms. The second-order valence-electron chi connectivity index (χ2n) is 8.12. The number of anilines is 1. The van der Waals surface area contributed by atoms with Crippen molar-refractivity contribution < 1.29 is 14.3 Å². The number of hydrogen-bond acceptors (Lipinski definition) is 4. The number of nitrogens with zero attached hydrogens (tertiary/aromatic N) is 2. The van der Waals surface area contributed by atoms with E-state index in [9.17, 15) is 9.59 Å². The summed E-state index contributed by atoms with van der Waals surface area (Å²) >= 11 is 6.35. The van der Waals surface area contributed by atoms with Gasteiger partial charge in [0.05, 0.1) is 19.2 Å². The summed E-state index contributed by atoms with van der Waals surface area (Å²) in [6, 6.07) is 22.6. The maximum absolute atomic E-state index is 13.8. The van der Waals surface area contributed by atoms with Crippen LogP contribution in [0.25, 0.3) is 5.57 Å². The van der Waals surface area contributed by atoms with Crippen LogP contribution in [0.3, 0.4) is 0 Å². The Balaban J connectivity index is 1.62. The van der Waals surface area contributed by atoms with Crippen molar-refractivity contribution in [3.05, 3.63) is 100 Å². The van der Waals surface area contributed by atoms with E-state index in [0.717, 1.165) is 24.1 Å². The van der Waals surface area contributed by atoms with Gasteiger partial charge in [-0.25, -0.2) is 0 Å². The van der Waals surface area contributed by atoms with E-state index in [1.807, 2.05) is 53.4 Å². The molecule has 3 aromatic rings. The minimum absolute atomic E-state index is 0.121. The molecule has 2 amide bonds. The van der Waals surface area contributed by atoms with E-state index in [0.29, 0.717) is 34.2 Å². The van der Waals surface area contributed by atoms with E-state index in [4.69, 9.17) is 16.3 Å². The van der Waals surface area contributed by atoms with Crippen LogP contribution in [-0.4, -0.2) is 30.4 Å². The second kappa shape index (κ2) is 8.75. The lowest BCUT2D eigenvalue weighted by Gasteiger charge is -2.32. The van der Waals surface area contributed by atoms with Crippen molar-refractivity contribution in [1.29, 1.82) is 0 Å². The van der Waals surface area contributed by atoms with Crippen LogP contribution in [0.15, 0.2) is 78.5 Å². The first-order valence-corrected chi connectivity index (χ1v) is 11.3. The molecule has 0 fully saturated rings. The smallest absolute Gasteiger partial charge is 0.278 e. The predicted octanol–water partition coefficient (Wildman–Crippen LogP) is 5.08. The largest absolute Gasteiger partial charge is 0.497 e. The number of carbonyl (C=O) groups excluding carboxylic acids is 2. The monoisotopic (exact) mass is 458 g/mol. The van der Waals surface area contributed by atoms with Gasteiger partial charge in [0.1, 0.15) is 11.4 Å². The summed E-state index contributed by atoms with van der Waals surface area (Å²) in [7, 11) is 1.60. The molecule has 166 valence electrons. The molecule has 0 N–H and O–H groups in total. The van der Waals surface area contributed by atoms with Crippen molar-refractivity contribution in [2.75, 3.05) is 18.6 Å². The summed E-state index contributed by atoms with van der Waals surface area (Å²) < 4.78 is 5.28. The summed E-state index contributed by atoms with van der Waals surface area (Å²) in [4.78, 5) is 30.8. The summed E-state index contributed by atoms with van der Waals surface area (Å²) in [5, 5.41) is 0.529. The highest BCUT2D eigenvalue weighted by molar-refractivity contribution is 6.37. The molecule has 2 heterocycles. The van der Waals surface area contributed by atoms with Gasteiger partial charge in [-0.2, -0.15) is 0 Å². The lowest BCUT2D eigenvalue weighted by atomic mass is 9.98. The summed E-state index contributed by atoms with van der Waals surface area (Å²) in [6.07, 6.45) is 1.85. The Bertz CT molecular complexity index is 1270. The van der Waals surface area contributed by atoms with Crippen LogP contribution in [0.4, 0.5) is 5.69 Å². The average molecular weight is 459 g/mol. The van der Waals surface area contributed by atoms with E-state index >= 15 is 0 Å². The molecule has 6 heteroatoms. The number of hydrogen-bond donors (Lipinski definition) is 0. The van der Waals surface area contributed by atoms with Crippen LogP contribution in [0.1, 0.15) is 23.1 Å². The standard InChI is InChI=1S/C27H23ClN2O3/c1-33-21-14-12-19(13-15-21)24-25(29-16-6-9-18-7-3-5-11-23(18)29)27(32)30(26(24)31)17-20-8-2-4-10-22(20)28/h2-5,7-8,10-15H,6,9,16-17H2,1H3. The molecule has 0 unspecified atom stereocenters. The van der Waals surface area contributed by atoms with Gasteiger partial charge in [0, 0.05) is 17.3 Å². The molecule has 5 rings (SSSR count). The molecular formula is C27H23ClN2O3. The molecule has 2 aliphatic rings. The van der Waals surface area contributed by atoms with Gasteiger partial charge in [-0.3, -0.25) is 14.5 Å². The number of para-hydroxylation sites is 1. The van der Waals surface area contributed by atoms with E-state index < -0.39 is 0 Å². The Morgan fingerprint density at radius 1 is 0.909 bits per heavy atom. The Kier molecular flexibility index (Phi) is 5.65. The first-order chi connectivity index (χ1) is 16.1. The molecule has 0 aromatic heterocycles. The first kappa shape index (κ1) is 21.3. The van der Waals surface area contributed by atoms with Gasteiger partial charge in [-0.1, -0.05) is 60.1 Å². The summed E-state index contributed by atoms with van der Waals surface area (Å²) in [5.74, 6) is 0.0690. The SMILES string of the molecule is COc1ccc(C2=C(N3CCCc4ccccc43)C(=O)N(Cc3ccccc3Cl)C2=O)cc1. The van der Waals surface area contributed by atoms with Gasteiger partial charge in [-0.15, -0.1) is 0 Å². The second-order valence-corrected chi connectivity index (χ2v) is 8.53. The highest BCUT2D eigenvalue weighted by atomic mass is 35.5. The minimum Gasteiger partial charge on any atom is -0.497 e. The van der Waals surface area contributed by atoms with Gasteiger partial charge < -0.3 is 9.64 Å². The maximum atomic E-state index is 13.8. The molecule has 2 aliphatic heterocycles. The molecule has 0 atom stereocenters. The maximum Gasteiger partial charge on any atom is 0.278 e. The first-order valence-electron chi connectivity index (χ1n) is 10.9. The Morgan fingerprint density at radius 2 is 1.64 bits per heavy atom. The Labute approximate surface area is 197 Å². The fraction of sp³-hybridized carbons (Fsp3) is 0.185. The van der Waals surface area contributed by atoms with Crippen LogP contribution >= 0.6 is 11.6 Å². The number of rotatable bonds is 5. The zero-order valence-electron chi connectivity index (χ0n) is 18.3. The van der Waals surface area contributed by atoms with Gasteiger partial charge >= 0.3 is 0 Å². The van der Waals surface area contributed by atoms with Crippen molar-refractivity contribution in [2.45, 2.75) is 19.4 Å². The lowest BCUT2D eigenvalue weighted by Crippen LogP contribution is -2.36. The minimum atomic E-state index is -0.317. The highest BCUT2D eigenvalue weighted by Crippen LogP contribution is 2.39. The van der Waals surface area contributed by atoms with Crippen LogP contribution < -0.4 is 9.64 Å². The number of ether oxygens (including phenoxy) is 1. The summed E-state index contributed by atoms with van der Waals surface area (Å²) in [6.45, 7) is 0.793. The number of methoxy groups -OCH3 is 1. The molecule has 3 aromatic carbocycles. The van der Waals surface area contributed by atoms with Crippen molar-refractivity contribution in [2.24, 2.45) is 0 Å². The van der Waals surface area contributed by atoms with Gasteiger partial charge in [-0.05, 0) is 53.8 Å². The third-order valence-corrected chi connectivity index (χ3v) is 6.56. The van der Waals surface area contributed by atoms with Crippen molar-refractivity contribution in [1.82, 2.24) is 4.90 Å². The van der Waals surface area contributed by atoms with Crippen LogP contribution in [-0.2, 0) is 22.6 Å². The summed E-state index contributed by atoms with van der Waals surface area (Å²) in [5.41, 5.74) is 4.40. The van der Waals surface area contributed by atoms with Crippen LogP contribution in [0.2, 0.25) is 5.02 Å². The number of aryl methyl sites for hydroxylation is 1. The van der Waals surface area contributed by atoms with Crippen LogP contribution in [0.5, 0.6) is 5.75 Å². The number of carbonyl (C=O) groups is 2.